The van der Waals surface area contributed by atoms with E-state index in [-0.39, 0.29) is 17.8 Å². The highest BCUT2D eigenvalue weighted by Crippen LogP contribution is 2.38. The van der Waals surface area contributed by atoms with Crippen molar-refractivity contribution in [2.24, 2.45) is 5.73 Å². The average molecular weight is 406 g/mol. The number of aromatic nitrogens is 4. The summed E-state index contributed by atoms with van der Waals surface area (Å²) in [5.41, 5.74) is 13.8. The largest absolute Gasteiger partial charge is 0.422 e. The molecule has 0 saturated carbocycles. The van der Waals surface area contributed by atoms with Gasteiger partial charge >= 0.3 is 0 Å². The fraction of sp³-hybridized carbons (Fsp3) is 0.294. The molecule has 1 atom stereocenters. The Kier molecular flexibility index (Phi) is 4.86. The van der Waals surface area contributed by atoms with Crippen molar-refractivity contribution in [3.8, 4) is 22.8 Å². The van der Waals surface area contributed by atoms with Gasteiger partial charge in [-0.05, 0) is 18.9 Å². The highest BCUT2D eigenvalue weighted by Gasteiger charge is 2.26. The van der Waals surface area contributed by atoms with E-state index in [1.807, 2.05) is 4.90 Å². The van der Waals surface area contributed by atoms with Crippen molar-refractivity contribution < 1.29 is 4.42 Å². The summed E-state index contributed by atoms with van der Waals surface area (Å²) in [6, 6.07) is 5.30. The van der Waals surface area contributed by atoms with Gasteiger partial charge in [0.1, 0.15) is 5.69 Å². The van der Waals surface area contributed by atoms with Crippen LogP contribution in [0.25, 0.3) is 22.8 Å². The van der Waals surface area contributed by atoms with E-state index in [4.69, 9.17) is 39.1 Å². The Labute approximate surface area is 165 Å². The van der Waals surface area contributed by atoms with Gasteiger partial charge in [0.05, 0.1) is 10.0 Å². The third kappa shape index (κ3) is 3.43. The van der Waals surface area contributed by atoms with Crippen LogP contribution in [0, 0.1) is 0 Å². The molecular formula is C17H17Cl2N7O. The van der Waals surface area contributed by atoms with Gasteiger partial charge < -0.3 is 20.8 Å². The zero-order chi connectivity index (χ0) is 19.0. The zero-order valence-corrected chi connectivity index (χ0v) is 15.8. The van der Waals surface area contributed by atoms with Crippen molar-refractivity contribution >= 4 is 34.8 Å². The summed E-state index contributed by atoms with van der Waals surface area (Å²) in [5, 5.41) is 8.49. The molecule has 0 aliphatic carbocycles. The summed E-state index contributed by atoms with van der Waals surface area (Å²) in [7, 11) is 0. The molecule has 140 valence electrons. The van der Waals surface area contributed by atoms with E-state index in [2.05, 4.69) is 20.2 Å². The molecule has 4 N–H and O–H groups in total. The van der Waals surface area contributed by atoms with Crippen LogP contribution in [0.2, 0.25) is 10.0 Å². The van der Waals surface area contributed by atoms with Gasteiger partial charge in [-0.2, -0.15) is 0 Å². The number of nitrogens with two attached hydrogens (primary N) is 2. The van der Waals surface area contributed by atoms with Crippen LogP contribution in [0.5, 0.6) is 0 Å². The van der Waals surface area contributed by atoms with Crippen LogP contribution in [0.4, 0.5) is 11.6 Å². The smallest absolute Gasteiger partial charge is 0.269 e. The van der Waals surface area contributed by atoms with Crippen molar-refractivity contribution in [2.45, 2.75) is 18.9 Å². The third-order valence-electron chi connectivity index (χ3n) is 4.43. The van der Waals surface area contributed by atoms with Gasteiger partial charge in [-0.3, -0.25) is 0 Å². The molecule has 1 aromatic carbocycles. The van der Waals surface area contributed by atoms with Crippen LogP contribution in [0.15, 0.2) is 29.0 Å². The Bertz CT molecular complexity index is 964. The number of piperidine rings is 1. The molecule has 0 radical (unpaired) electrons. The first kappa shape index (κ1) is 18.0. The second-order valence-corrected chi connectivity index (χ2v) is 7.11. The number of rotatable bonds is 3. The predicted octanol–water partition coefficient (Wildman–Crippen LogP) is 3.01. The van der Waals surface area contributed by atoms with E-state index >= 15 is 0 Å². The van der Waals surface area contributed by atoms with E-state index < -0.39 is 0 Å². The molecule has 8 nitrogen and oxygen atoms in total. The van der Waals surface area contributed by atoms with Gasteiger partial charge in [0.25, 0.3) is 5.89 Å². The number of hydrogen-bond acceptors (Lipinski definition) is 8. The summed E-state index contributed by atoms with van der Waals surface area (Å²) < 4.78 is 5.38. The number of anilines is 2. The molecule has 1 unspecified atom stereocenters. The Morgan fingerprint density at radius 3 is 2.78 bits per heavy atom. The molecule has 2 aromatic heterocycles. The topological polar surface area (TPSA) is 120 Å². The first-order valence-corrected chi connectivity index (χ1v) is 9.19. The van der Waals surface area contributed by atoms with Crippen molar-refractivity contribution in [3.63, 3.8) is 0 Å². The average Bonchev–Trinajstić information content (AvgIpc) is 3.19. The van der Waals surface area contributed by atoms with Crippen LogP contribution in [0.3, 0.4) is 0 Å². The molecule has 3 aromatic rings. The fourth-order valence-electron chi connectivity index (χ4n) is 3.17. The molecule has 0 amide bonds. The number of nitrogens with zero attached hydrogens (tertiary/aromatic N) is 5. The Morgan fingerprint density at radius 1 is 1.19 bits per heavy atom. The van der Waals surface area contributed by atoms with Gasteiger partial charge in [0.2, 0.25) is 6.39 Å². The van der Waals surface area contributed by atoms with Crippen LogP contribution in [-0.2, 0) is 0 Å². The van der Waals surface area contributed by atoms with Gasteiger partial charge in [-0.25, -0.2) is 9.97 Å². The normalized spacial score (nSPS) is 17.3. The summed E-state index contributed by atoms with van der Waals surface area (Å²) in [5.74, 6) is 1.04. The monoisotopic (exact) mass is 405 g/mol. The van der Waals surface area contributed by atoms with Gasteiger partial charge in [0.15, 0.2) is 17.3 Å². The van der Waals surface area contributed by atoms with Gasteiger partial charge in [0, 0.05) is 24.7 Å². The highest BCUT2D eigenvalue weighted by molar-refractivity contribution is 6.43. The predicted molar refractivity (Wildman–Crippen MR) is 105 cm³/mol. The second-order valence-electron chi connectivity index (χ2n) is 6.32. The summed E-state index contributed by atoms with van der Waals surface area (Å²) in [6.45, 7) is 1.44. The zero-order valence-electron chi connectivity index (χ0n) is 14.3. The maximum absolute atomic E-state index is 6.35. The second kappa shape index (κ2) is 7.30. The minimum Gasteiger partial charge on any atom is -0.422 e. The van der Waals surface area contributed by atoms with E-state index in [9.17, 15) is 0 Å². The first-order valence-electron chi connectivity index (χ1n) is 8.43. The minimum atomic E-state index is 0.0550. The molecule has 0 spiro atoms. The fourth-order valence-corrected chi connectivity index (χ4v) is 3.56. The van der Waals surface area contributed by atoms with E-state index in [1.54, 1.807) is 18.2 Å². The maximum Gasteiger partial charge on any atom is 0.269 e. The summed E-state index contributed by atoms with van der Waals surface area (Å²) in [6.07, 6.45) is 3.16. The van der Waals surface area contributed by atoms with E-state index in [0.29, 0.717) is 39.4 Å². The molecule has 10 heteroatoms. The number of benzene rings is 1. The SMILES string of the molecule is Nc1nc(N2CCCC(N)C2)c(-c2nnco2)nc1-c1cccc(Cl)c1Cl. The van der Waals surface area contributed by atoms with Crippen LogP contribution < -0.4 is 16.4 Å². The molecule has 4 rings (SSSR count). The standard InChI is InChI=1S/C17H17Cl2N7O/c18-11-5-1-4-10(12(11)19)13-15(21)24-16(26-6-2-3-9(20)7-26)14(23-13)17-25-22-8-27-17/h1,4-5,8-9H,2-3,6-7,20H2,(H2,21,24). The molecule has 1 aliphatic heterocycles. The summed E-state index contributed by atoms with van der Waals surface area (Å²) >= 11 is 12.5. The Morgan fingerprint density at radius 2 is 2.04 bits per heavy atom. The van der Waals surface area contributed by atoms with Crippen molar-refractivity contribution in [1.82, 2.24) is 20.2 Å². The number of nitrogen functional groups attached to an aromatic ring is 1. The maximum atomic E-state index is 6.35. The lowest BCUT2D eigenvalue weighted by Crippen LogP contribution is -2.43. The van der Waals surface area contributed by atoms with Crippen LogP contribution >= 0.6 is 23.2 Å². The Hall–Kier alpha value is -2.42. The first-order chi connectivity index (χ1) is 13.0. The van der Waals surface area contributed by atoms with Crippen molar-refractivity contribution in [3.05, 3.63) is 34.6 Å². The molecule has 1 aliphatic rings. The van der Waals surface area contributed by atoms with Gasteiger partial charge in [-0.15, -0.1) is 10.2 Å². The van der Waals surface area contributed by atoms with Gasteiger partial charge in [-0.1, -0.05) is 35.3 Å². The van der Waals surface area contributed by atoms with E-state index in [0.717, 1.165) is 19.4 Å². The lowest BCUT2D eigenvalue weighted by molar-refractivity contribution is 0.502. The molecule has 0 bridgehead atoms. The lowest BCUT2D eigenvalue weighted by atomic mass is 10.1. The lowest BCUT2D eigenvalue weighted by Gasteiger charge is -2.32. The highest BCUT2D eigenvalue weighted by atomic mass is 35.5. The van der Waals surface area contributed by atoms with Crippen LogP contribution in [0.1, 0.15) is 12.8 Å². The van der Waals surface area contributed by atoms with Crippen LogP contribution in [-0.4, -0.2) is 39.3 Å². The third-order valence-corrected chi connectivity index (χ3v) is 5.25. The molecule has 27 heavy (non-hydrogen) atoms. The van der Waals surface area contributed by atoms with Crippen molar-refractivity contribution in [2.75, 3.05) is 23.7 Å². The Balaban J connectivity index is 1.88. The number of halogens is 2. The van der Waals surface area contributed by atoms with E-state index in [1.165, 1.54) is 6.39 Å². The summed E-state index contributed by atoms with van der Waals surface area (Å²) in [4.78, 5) is 11.3. The molecule has 1 fully saturated rings. The minimum absolute atomic E-state index is 0.0550. The molecule has 1 saturated heterocycles. The molecular weight excluding hydrogens is 389 g/mol. The van der Waals surface area contributed by atoms with Crippen molar-refractivity contribution in [1.29, 1.82) is 0 Å². The quantitative estimate of drug-likeness (QED) is 0.681. The number of hydrogen-bond donors (Lipinski definition) is 2. The molecule has 3 heterocycles.